The first-order chi connectivity index (χ1) is 15.7. The normalized spacial score (nSPS) is 26.7. The van der Waals surface area contributed by atoms with Crippen LogP contribution >= 0.6 is 0 Å². The zero-order chi connectivity index (χ0) is 21.7. The fraction of sp³-hybridized carbons (Fsp3) is 0.440. The third-order valence-corrected chi connectivity index (χ3v) is 7.60. The summed E-state index contributed by atoms with van der Waals surface area (Å²) in [6.07, 6.45) is 7.30. The number of pyridine rings is 1. The van der Waals surface area contributed by atoms with Crippen LogP contribution < -0.4 is 5.32 Å². The minimum absolute atomic E-state index is 0.00188. The number of fused-ring (bicyclic) bond motifs is 4. The number of aromatic nitrogens is 3. The molecule has 2 aliphatic heterocycles. The Morgan fingerprint density at radius 2 is 1.78 bits per heavy atom. The Balaban J connectivity index is 1.12. The van der Waals surface area contributed by atoms with Crippen molar-refractivity contribution in [3.8, 4) is 0 Å². The molecular weight excluding hydrogens is 402 g/mol. The monoisotopic (exact) mass is 429 g/mol. The van der Waals surface area contributed by atoms with Crippen LogP contribution in [0.2, 0.25) is 0 Å². The van der Waals surface area contributed by atoms with Crippen molar-refractivity contribution in [3.63, 3.8) is 0 Å². The number of likely N-dealkylation sites (tertiary alicyclic amines) is 1. The summed E-state index contributed by atoms with van der Waals surface area (Å²) in [5.41, 5.74) is 1.65. The molecule has 4 atom stereocenters. The number of rotatable bonds is 3. The molecule has 1 aliphatic carbocycles. The third kappa shape index (κ3) is 3.36. The first kappa shape index (κ1) is 19.5. The van der Waals surface area contributed by atoms with Crippen molar-refractivity contribution < 1.29 is 9.59 Å². The lowest BCUT2D eigenvalue weighted by Gasteiger charge is -2.39. The number of amides is 2. The van der Waals surface area contributed by atoms with Gasteiger partial charge in [-0.05, 0) is 48.6 Å². The first-order valence-electron chi connectivity index (χ1n) is 11.6. The number of carbonyl (C=O) groups is 2. The van der Waals surface area contributed by atoms with E-state index in [1.807, 2.05) is 52.2 Å². The van der Waals surface area contributed by atoms with Gasteiger partial charge in [-0.1, -0.05) is 24.3 Å². The minimum atomic E-state index is -0.00188. The summed E-state index contributed by atoms with van der Waals surface area (Å²) in [6, 6.07) is 12.0. The van der Waals surface area contributed by atoms with Crippen molar-refractivity contribution in [2.75, 3.05) is 13.1 Å². The predicted octanol–water partition coefficient (Wildman–Crippen LogP) is 2.66. The van der Waals surface area contributed by atoms with E-state index in [2.05, 4.69) is 15.4 Å². The zero-order valence-corrected chi connectivity index (χ0v) is 18.0. The minimum Gasteiger partial charge on any atom is -0.352 e. The molecule has 3 aliphatic rings. The quantitative estimate of drug-likeness (QED) is 0.694. The van der Waals surface area contributed by atoms with Gasteiger partial charge in [0.25, 0.3) is 5.91 Å². The fourth-order valence-electron chi connectivity index (χ4n) is 5.86. The summed E-state index contributed by atoms with van der Waals surface area (Å²) in [5.74, 6) is 0.806. The summed E-state index contributed by atoms with van der Waals surface area (Å²) in [4.78, 5) is 32.6. The highest BCUT2D eigenvalue weighted by Gasteiger charge is 2.45. The van der Waals surface area contributed by atoms with E-state index >= 15 is 0 Å². The summed E-state index contributed by atoms with van der Waals surface area (Å²) in [7, 11) is 0. The number of nitrogens with one attached hydrogen (secondary N) is 1. The van der Waals surface area contributed by atoms with Crippen LogP contribution in [0.3, 0.4) is 0 Å². The number of hydrogen-bond acceptors (Lipinski definition) is 4. The van der Waals surface area contributed by atoms with Gasteiger partial charge in [-0.15, -0.1) is 0 Å². The Labute approximate surface area is 186 Å². The van der Waals surface area contributed by atoms with Crippen LogP contribution in [0.15, 0.2) is 48.8 Å². The highest BCUT2D eigenvalue weighted by molar-refractivity contribution is 5.96. The molecule has 32 heavy (non-hydrogen) atoms. The molecule has 6 rings (SSSR count). The molecule has 164 valence electrons. The van der Waals surface area contributed by atoms with Gasteiger partial charge in [0.1, 0.15) is 5.69 Å². The van der Waals surface area contributed by atoms with Crippen LogP contribution in [0.5, 0.6) is 0 Å². The SMILES string of the molecule is O=C(NC1[C@@H]2CC[C@H]1CN(C(=O)c1cc3ccccc3cn1)C2)C1CCn2nccc2C1. The number of nitrogens with zero attached hydrogens (tertiary/aromatic N) is 4. The van der Waals surface area contributed by atoms with Crippen LogP contribution in [0.1, 0.15) is 35.4 Å². The molecule has 0 spiro atoms. The van der Waals surface area contributed by atoms with Gasteiger partial charge in [0.2, 0.25) is 5.91 Å². The van der Waals surface area contributed by atoms with E-state index in [1.54, 1.807) is 6.20 Å². The number of piperidine rings is 1. The van der Waals surface area contributed by atoms with Crippen molar-refractivity contribution in [2.45, 2.75) is 38.3 Å². The molecule has 4 heterocycles. The third-order valence-electron chi connectivity index (χ3n) is 7.60. The van der Waals surface area contributed by atoms with Crippen LogP contribution in [0.25, 0.3) is 10.8 Å². The van der Waals surface area contributed by atoms with Gasteiger partial charge in [-0.25, -0.2) is 0 Å². The number of aryl methyl sites for hydroxylation is 1. The number of benzene rings is 1. The highest BCUT2D eigenvalue weighted by Crippen LogP contribution is 2.38. The molecule has 2 bridgehead atoms. The van der Waals surface area contributed by atoms with E-state index in [0.717, 1.165) is 48.7 Å². The second-order valence-electron chi connectivity index (χ2n) is 9.49. The van der Waals surface area contributed by atoms with Gasteiger partial charge in [0.15, 0.2) is 0 Å². The Morgan fingerprint density at radius 1 is 1.00 bits per heavy atom. The van der Waals surface area contributed by atoms with E-state index < -0.39 is 0 Å². The molecule has 7 heteroatoms. The summed E-state index contributed by atoms with van der Waals surface area (Å²) >= 11 is 0. The molecule has 3 aromatic rings. The largest absolute Gasteiger partial charge is 0.352 e. The van der Waals surface area contributed by atoms with E-state index in [4.69, 9.17) is 0 Å². The smallest absolute Gasteiger partial charge is 0.272 e. The van der Waals surface area contributed by atoms with E-state index in [-0.39, 0.29) is 23.8 Å². The molecule has 2 aromatic heterocycles. The summed E-state index contributed by atoms with van der Waals surface area (Å²) < 4.78 is 2.00. The molecule has 1 N–H and O–H groups in total. The Morgan fingerprint density at radius 3 is 2.59 bits per heavy atom. The molecule has 7 nitrogen and oxygen atoms in total. The molecule has 1 saturated heterocycles. The number of hydrogen-bond donors (Lipinski definition) is 1. The zero-order valence-electron chi connectivity index (χ0n) is 18.0. The van der Waals surface area contributed by atoms with Crippen LogP contribution in [0.4, 0.5) is 0 Å². The van der Waals surface area contributed by atoms with Crippen LogP contribution in [-0.4, -0.2) is 50.6 Å². The lowest BCUT2D eigenvalue weighted by molar-refractivity contribution is -0.127. The lowest BCUT2D eigenvalue weighted by Crippen LogP contribution is -2.55. The second kappa shape index (κ2) is 7.73. The Hall–Kier alpha value is -3.22. The summed E-state index contributed by atoms with van der Waals surface area (Å²) in [6.45, 7) is 2.18. The molecule has 1 aromatic carbocycles. The van der Waals surface area contributed by atoms with Gasteiger partial charge in [0.05, 0.1) is 0 Å². The maximum absolute atomic E-state index is 13.2. The standard InChI is InChI=1S/C25H27N5O2/c31-24(17-8-10-30-21(11-17)7-9-27-30)28-23-19-5-6-20(23)15-29(14-19)25(32)22-12-16-3-1-2-4-18(16)13-26-22/h1-4,7,9,12-13,17,19-20,23H,5-6,8,10-11,14-15H2,(H,28,31)/t17?,19-,20+,23?. The van der Waals surface area contributed by atoms with Crippen molar-refractivity contribution in [3.05, 3.63) is 60.2 Å². The van der Waals surface area contributed by atoms with Crippen molar-refractivity contribution in [1.82, 2.24) is 25.0 Å². The van der Waals surface area contributed by atoms with Gasteiger partial charge >= 0.3 is 0 Å². The van der Waals surface area contributed by atoms with Gasteiger partial charge in [-0.3, -0.25) is 19.3 Å². The molecule has 2 amide bonds. The predicted molar refractivity (Wildman–Crippen MR) is 120 cm³/mol. The molecule has 2 fully saturated rings. The van der Waals surface area contributed by atoms with Crippen molar-refractivity contribution in [1.29, 1.82) is 0 Å². The first-order valence-corrected chi connectivity index (χ1v) is 11.6. The average molecular weight is 430 g/mol. The van der Waals surface area contributed by atoms with Gasteiger partial charge < -0.3 is 10.2 Å². The molecule has 1 saturated carbocycles. The highest BCUT2D eigenvalue weighted by atomic mass is 16.2. The topological polar surface area (TPSA) is 80.1 Å². The molecule has 2 unspecified atom stereocenters. The summed E-state index contributed by atoms with van der Waals surface area (Å²) in [5, 5.41) is 9.75. The van der Waals surface area contributed by atoms with Crippen molar-refractivity contribution >= 4 is 22.6 Å². The lowest BCUT2D eigenvalue weighted by atomic mass is 9.89. The maximum atomic E-state index is 13.2. The van der Waals surface area contributed by atoms with Crippen LogP contribution in [0, 0.1) is 17.8 Å². The fourth-order valence-corrected chi connectivity index (χ4v) is 5.86. The number of carbonyl (C=O) groups excluding carboxylic acids is 2. The van der Waals surface area contributed by atoms with E-state index in [0.29, 0.717) is 30.6 Å². The van der Waals surface area contributed by atoms with E-state index in [1.165, 1.54) is 0 Å². The Bertz CT molecular complexity index is 1170. The Kier molecular flexibility index (Phi) is 4.70. The second-order valence-corrected chi connectivity index (χ2v) is 9.49. The van der Waals surface area contributed by atoms with Crippen LogP contribution in [-0.2, 0) is 17.8 Å². The van der Waals surface area contributed by atoms with Gasteiger partial charge in [-0.2, -0.15) is 5.10 Å². The molecule has 0 radical (unpaired) electrons. The van der Waals surface area contributed by atoms with E-state index in [9.17, 15) is 9.59 Å². The van der Waals surface area contributed by atoms with Crippen molar-refractivity contribution in [2.24, 2.45) is 17.8 Å². The molecular formula is C25H27N5O2. The maximum Gasteiger partial charge on any atom is 0.272 e. The average Bonchev–Trinajstić information content (AvgIpc) is 3.38. The van der Waals surface area contributed by atoms with Gasteiger partial charge in [0, 0.05) is 61.5 Å².